The minimum Gasteiger partial charge on any atom is -0.445 e. The second-order valence-corrected chi connectivity index (χ2v) is 8.97. The zero-order valence-corrected chi connectivity index (χ0v) is 18.1. The van der Waals surface area contributed by atoms with Gasteiger partial charge >= 0.3 is 6.09 Å². The van der Waals surface area contributed by atoms with Crippen LogP contribution in [0.5, 0.6) is 0 Å². The molecular weight excluding hydrogens is 439 g/mol. The van der Waals surface area contributed by atoms with Gasteiger partial charge < -0.3 is 19.5 Å². The summed E-state index contributed by atoms with van der Waals surface area (Å²) in [6, 6.07) is 10.6. The zero-order chi connectivity index (χ0) is 21.5. The number of carbonyl (C=O) groups is 2. The molecule has 5 rings (SSSR count). The van der Waals surface area contributed by atoms with Gasteiger partial charge in [-0.05, 0) is 42.0 Å². The highest BCUT2D eigenvalue weighted by Gasteiger charge is 2.43. The monoisotopic (exact) mass is 458 g/mol. The van der Waals surface area contributed by atoms with Crippen LogP contribution in [0.1, 0.15) is 15.9 Å². The molecule has 1 N–H and O–H groups in total. The number of hydrogen-bond acceptors (Lipinski definition) is 4. The Morgan fingerprint density at radius 1 is 1.00 bits per heavy atom. The highest BCUT2D eigenvalue weighted by atomic mass is 35.5. The van der Waals surface area contributed by atoms with Gasteiger partial charge in [0.1, 0.15) is 6.61 Å². The highest BCUT2D eigenvalue weighted by Crippen LogP contribution is 2.32. The summed E-state index contributed by atoms with van der Waals surface area (Å²) in [7, 11) is 0. The van der Waals surface area contributed by atoms with E-state index in [-0.39, 0.29) is 30.4 Å². The number of likely N-dealkylation sites (tertiary alicyclic amines) is 2. The lowest BCUT2D eigenvalue weighted by molar-refractivity contribution is 0.0764. The molecule has 3 aromatic rings. The lowest BCUT2D eigenvalue weighted by Gasteiger charge is -2.21. The summed E-state index contributed by atoms with van der Waals surface area (Å²) in [4.78, 5) is 36.3. The van der Waals surface area contributed by atoms with Crippen LogP contribution in [0.4, 0.5) is 4.79 Å². The van der Waals surface area contributed by atoms with Gasteiger partial charge in [0.25, 0.3) is 5.91 Å². The number of fused-ring (bicyclic) bond motifs is 2. The quantitative estimate of drug-likeness (QED) is 0.637. The summed E-state index contributed by atoms with van der Waals surface area (Å²) >= 11 is 12.0. The largest absolute Gasteiger partial charge is 0.445 e. The molecule has 7 nitrogen and oxygen atoms in total. The first-order valence-corrected chi connectivity index (χ1v) is 10.8. The number of rotatable bonds is 3. The van der Waals surface area contributed by atoms with Crippen LogP contribution in [0, 0.1) is 11.8 Å². The summed E-state index contributed by atoms with van der Waals surface area (Å²) in [5, 5.41) is 1.01. The Labute approximate surface area is 188 Å². The topological polar surface area (TPSA) is 78.5 Å². The summed E-state index contributed by atoms with van der Waals surface area (Å²) < 4.78 is 5.44. The van der Waals surface area contributed by atoms with E-state index in [1.165, 1.54) is 0 Å². The summed E-state index contributed by atoms with van der Waals surface area (Å²) in [6.45, 7) is 2.56. The fourth-order valence-electron chi connectivity index (χ4n) is 4.49. The second-order valence-electron chi connectivity index (χ2n) is 8.10. The Balaban J connectivity index is 1.16. The van der Waals surface area contributed by atoms with Crippen molar-refractivity contribution in [3.05, 3.63) is 63.9 Å². The Morgan fingerprint density at radius 2 is 1.68 bits per heavy atom. The van der Waals surface area contributed by atoms with E-state index in [2.05, 4.69) is 9.97 Å². The molecule has 2 amide bonds. The van der Waals surface area contributed by atoms with Gasteiger partial charge in [0.15, 0.2) is 0 Å². The van der Waals surface area contributed by atoms with Gasteiger partial charge in [-0.25, -0.2) is 9.78 Å². The van der Waals surface area contributed by atoms with E-state index >= 15 is 0 Å². The summed E-state index contributed by atoms with van der Waals surface area (Å²) in [5.41, 5.74) is 3.07. The van der Waals surface area contributed by atoms with E-state index < -0.39 is 0 Å². The first kappa shape index (κ1) is 20.2. The van der Waals surface area contributed by atoms with Crippen LogP contribution in [-0.4, -0.2) is 57.9 Å². The number of ether oxygens (including phenoxy) is 1. The van der Waals surface area contributed by atoms with E-state index in [1.54, 1.807) is 29.4 Å². The third-order valence-corrected chi connectivity index (χ3v) is 6.42. The molecule has 0 unspecified atom stereocenters. The highest BCUT2D eigenvalue weighted by molar-refractivity contribution is 6.34. The molecule has 0 bridgehead atoms. The van der Waals surface area contributed by atoms with Gasteiger partial charge in [-0.15, -0.1) is 0 Å². The maximum Gasteiger partial charge on any atom is 0.410 e. The van der Waals surface area contributed by atoms with Crippen LogP contribution in [0.3, 0.4) is 0 Å². The van der Waals surface area contributed by atoms with Crippen molar-refractivity contribution in [3.8, 4) is 0 Å². The zero-order valence-electron chi connectivity index (χ0n) is 16.6. The van der Waals surface area contributed by atoms with E-state index in [1.807, 2.05) is 23.1 Å². The normalized spacial score (nSPS) is 20.3. The van der Waals surface area contributed by atoms with Gasteiger partial charge in [0, 0.05) is 53.6 Å². The van der Waals surface area contributed by atoms with Crippen molar-refractivity contribution in [1.82, 2.24) is 19.8 Å². The standard InChI is InChI=1S/C22H20Cl2N4O3/c23-17-3-13(4-18(24)6-17)11-31-22(30)28-9-15-7-27(8-16(15)10-28)21(29)14-1-2-19-20(5-14)26-12-25-19/h1-6,12,15-16H,7-11H2,(H,25,26)/t15-,16-/m0/s1. The molecule has 0 saturated carbocycles. The number of nitrogens with one attached hydrogen (secondary N) is 1. The van der Waals surface area contributed by atoms with Crippen molar-refractivity contribution in [2.75, 3.05) is 26.2 Å². The van der Waals surface area contributed by atoms with Gasteiger partial charge in [-0.1, -0.05) is 23.2 Å². The molecule has 0 aliphatic carbocycles. The van der Waals surface area contributed by atoms with Crippen molar-refractivity contribution in [1.29, 1.82) is 0 Å². The van der Waals surface area contributed by atoms with Crippen LogP contribution in [0.25, 0.3) is 11.0 Å². The molecule has 0 spiro atoms. The molecule has 2 saturated heterocycles. The summed E-state index contributed by atoms with van der Waals surface area (Å²) in [5.74, 6) is 0.517. The van der Waals surface area contributed by atoms with Gasteiger partial charge in [-0.3, -0.25) is 4.79 Å². The molecule has 0 radical (unpaired) electrons. The SMILES string of the molecule is O=C(OCc1cc(Cl)cc(Cl)c1)N1C[C@@H]2CN(C(=O)c3ccc4[nH]cnc4c3)C[C@H]2C1. The molecule has 1 aromatic heterocycles. The number of benzene rings is 2. The number of imidazole rings is 1. The Hall–Kier alpha value is -2.77. The number of amides is 2. The minimum absolute atomic E-state index is 0.00580. The number of nitrogens with zero attached hydrogens (tertiary/aromatic N) is 3. The first-order valence-electron chi connectivity index (χ1n) is 10.1. The molecule has 2 fully saturated rings. The molecule has 2 aliphatic heterocycles. The second kappa shape index (κ2) is 8.05. The molecule has 3 heterocycles. The average Bonchev–Trinajstić information content (AvgIpc) is 3.44. The van der Waals surface area contributed by atoms with Crippen LogP contribution < -0.4 is 0 Å². The van der Waals surface area contributed by atoms with Gasteiger partial charge in [0.05, 0.1) is 17.4 Å². The average molecular weight is 459 g/mol. The van der Waals surface area contributed by atoms with E-state index in [4.69, 9.17) is 27.9 Å². The van der Waals surface area contributed by atoms with E-state index in [9.17, 15) is 9.59 Å². The summed E-state index contributed by atoms with van der Waals surface area (Å²) in [6.07, 6.45) is 1.26. The Morgan fingerprint density at radius 3 is 2.39 bits per heavy atom. The number of carbonyl (C=O) groups excluding carboxylic acids is 2. The van der Waals surface area contributed by atoms with Crippen molar-refractivity contribution < 1.29 is 14.3 Å². The number of H-pyrrole nitrogens is 1. The van der Waals surface area contributed by atoms with Crippen molar-refractivity contribution >= 4 is 46.2 Å². The predicted octanol–water partition coefficient (Wildman–Crippen LogP) is 4.21. The first-order chi connectivity index (χ1) is 15.0. The number of aromatic amines is 1. The van der Waals surface area contributed by atoms with E-state index in [0.29, 0.717) is 41.8 Å². The predicted molar refractivity (Wildman–Crippen MR) is 117 cm³/mol. The number of halogens is 2. The molecule has 2 aliphatic rings. The molecule has 160 valence electrons. The third kappa shape index (κ3) is 4.07. The Kier molecular flexibility index (Phi) is 5.24. The van der Waals surface area contributed by atoms with Crippen molar-refractivity contribution in [2.24, 2.45) is 11.8 Å². The van der Waals surface area contributed by atoms with Crippen LogP contribution in [0.2, 0.25) is 10.0 Å². The molecule has 9 heteroatoms. The minimum atomic E-state index is -0.354. The maximum atomic E-state index is 12.9. The van der Waals surface area contributed by atoms with Crippen molar-refractivity contribution in [2.45, 2.75) is 6.61 Å². The van der Waals surface area contributed by atoms with Crippen LogP contribution in [0.15, 0.2) is 42.7 Å². The number of aromatic nitrogens is 2. The molecule has 2 atom stereocenters. The smallest absolute Gasteiger partial charge is 0.410 e. The lowest BCUT2D eigenvalue weighted by Crippen LogP contribution is -2.35. The third-order valence-electron chi connectivity index (χ3n) is 5.98. The van der Waals surface area contributed by atoms with Gasteiger partial charge in [-0.2, -0.15) is 0 Å². The van der Waals surface area contributed by atoms with Crippen molar-refractivity contribution in [3.63, 3.8) is 0 Å². The van der Waals surface area contributed by atoms with Crippen LogP contribution in [-0.2, 0) is 11.3 Å². The molecule has 2 aromatic carbocycles. The lowest BCUT2D eigenvalue weighted by atomic mass is 10.0. The molecule has 31 heavy (non-hydrogen) atoms. The van der Waals surface area contributed by atoms with Gasteiger partial charge in [0.2, 0.25) is 0 Å². The fraction of sp³-hybridized carbons (Fsp3) is 0.318. The molecular formula is C22H20Cl2N4O3. The maximum absolute atomic E-state index is 12.9. The fourth-order valence-corrected chi connectivity index (χ4v) is 5.06. The number of hydrogen-bond donors (Lipinski definition) is 1. The van der Waals surface area contributed by atoms with E-state index in [0.717, 1.165) is 16.6 Å². The Bertz CT molecular complexity index is 1130. The van der Waals surface area contributed by atoms with Crippen LogP contribution >= 0.6 is 23.2 Å².